The van der Waals surface area contributed by atoms with Crippen LogP contribution in [0.4, 0.5) is 0 Å². The van der Waals surface area contributed by atoms with Crippen molar-refractivity contribution in [3.8, 4) is 55.6 Å². The van der Waals surface area contributed by atoms with Gasteiger partial charge in [0.15, 0.2) is 0 Å². The maximum atomic E-state index is 2.43. The predicted molar refractivity (Wildman–Crippen MR) is 218 cm³/mol. The van der Waals surface area contributed by atoms with Crippen LogP contribution in [0, 0.1) is 0 Å². The molecule has 240 valence electrons. The molecule has 0 aromatic heterocycles. The van der Waals surface area contributed by atoms with Crippen LogP contribution in [-0.2, 0) is 5.41 Å². The van der Waals surface area contributed by atoms with Gasteiger partial charge in [-0.05, 0) is 112 Å². The van der Waals surface area contributed by atoms with E-state index in [1.807, 2.05) is 11.8 Å². The van der Waals surface area contributed by atoms with Crippen molar-refractivity contribution in [1.29, 1.82) is 0 Å². The molecule has 12 rings (SSSR count). The van der Waals surface area contributed by atoms with Gasteiger partial charge >= 0.3 is 0 Å². The molecule has 1 heteroatoms. The molecule has 1 spiro atoms. The lowest BCUT2D eigenvalue weighted by Gasteiger charge is -2.31. The molecule has 0 N–H and O–H groups in total. The normalized spacial score (nSPS) is 15.7. The summed E-state index contributed by atoms with van der Waals surface area (Å²) in [7, 11) is 0. The third-order valence-electron chi connectivity index (χ3n) is 11.9. The lowest BCUT2D eigenvalue weighted by atomic mass is 9.69. The van der Waals surface area contributed by atoms with Gasteiger partial charge in [-0.1, -0.05) is 176 Å². The van der Waals surface area contributed by atoms with Crippen LogP contribution >= 0.6 is 11.8 Å². The minimum atomic E-state index is -0.418. The zero-order valence-electron chi connectivity index (χ0n) is 28.2. The van der Waals surface area contributed by atoms with Crippen molar-refractivity contribution in [1.82, 2.24) is 0 Å². The summed E-state index contributed by atoms with van der Waals surface area (Å²) in [5.41, 5.74) is 18.1. The molecular weight excluding hydrogens is 645 g/mol. The fourth-order valence-electron chi connectivity index (χ4n) is 9.89. The van der Waals surface area contributed by atoms with Crippen LogP contribution in [0.25, 0.3) is 77.2 Å². The van der Waals surface area contributed by atoms with E-state index in [0.717, 1.165) is 0 Å². The second kappa shape index (κ2) is 10.4. The molecule has 3 aliphatic rings. The average molecular weight is 675 g/mol. The third-order valence-corrected chi connectivity index (χ3v) is 13.0. The van der Waals surface area contributed by atoms with Crippen molar-refractivity contribution in [2.24, 2.45) is 0 Å². The molecule has 0 nitrogen and oxygen atoms in total. The van der Waals surface area contributed by atoms with Crippen molar-refractivity contribution >= 4 is 33.3 Å². The van der Waals surface area contributed by atoms with E-state index in [0.29, 0.717) is 0 Å². The Bertz CT molecular complexity index is 3000. The fraction of sp³-hybridized carbons (Fsp3) is 0.0196. The smallest absolute Gasteiger partial charge is 0.0731 e. The highest BCUT2D eigenvalue weighted by Crippen LogP contribution is 2.65. The number of hydrogen-bond acceptors (Lipinski definition) is 1. The van der Waals surface area contributed by atoms with E-state index in [9.17, 15) is 0 Å². The molecule has 1 atom stereocenters. The second-order valence-corrected chi connectivity index (χ2v) is 15.4. The summed E-state index contributed by atoms with van der Waals surface area (Å²) in [6, 6.07) is 68.5. The topological polar surface area (TPSA) is 0 Å². The maximum Gasteiger partial charge on any atom is 0.0731 e. The Morgan fingerprint density at radius 3 is 1.87 bits per heavy atom. The first-order valence-electron chi connectivity index (χ1n) is 18.1. The van der Waals surface area contributed by atoms with Crippen LogP contribution < -0.4 is 0 Å². The summed E-state index contributed by atoms with van der Waals surface area (Å²) in [6.07, 6.45) is 0. The van der Waals surface area contributed by atoms with Gasteiger partial charge in [0, 0.05) is 15.2 Å². The van der Waals surface area contributed by atoms with Gasteiger partial charge in [-0.3, -0.25) is 0 Å². The number of fused-ring (bicyclic) bond motifs is 14. The Kier molecular flexibility index (Phi) is 5.73. The Hall–Kier alpha value is -6.15. The highest BCUT2D eigenvalue weighted by molar-refractivity contribution is 7.99. The summed E-state index contributed by atoms with van der Waals surface area (Å²) in [5.74, 6) is 0. The van der Waals surface area contributed by atoms with Gasteiger partial charge in [-0.25, -0.2) is 0 Å². The van der Waals surface area contributed by atoms with Gasteiger partial charge in [0.2, 0.25) is 0 Å². The second-order valence-electron chi connectivity index (χ2n) is 14.3. The molecule has 52 heavy (non-hydrogen) atoms. The van der Waals surface area contributed by atoms with Gasteiger partial charge in [0.25, 0.3) is 0 Å². The molecule has 1 heterocycles. The van der Waals surface area contributed by atoms with Crippen molar-refractivity contribution in [3.05, 3.63) is 204 Å². The lowest BCUT2D eigenvalue weighted by Crippen LogP contribution is -2.26. The van der Waals surface area contributed by atoms with Crippen molar-refractivity contribution in [3.63, 3.8) is 0 Å². The van der Waals surface area contributed by atoms with Gasteiger partial charge < -0.3 is 0 Å². The molecule has 0 saturated heterocycles. The van der Waals surface area contributed by atoms with Crippen molar-refractivity contribution < 1.29 is 0 Å². The molecule has 0 radical (unpaired) electrons. The predicted octanol–water partition coefficient (Wildman–Crippen LogP) is 13.8. The summed E-state index contributed by atoms with van der Waals surface area (Å²) in [4.78, 5) is 2.65. The van der Waals surface area contributed by atoms with Crippen LogP contribution in [0.2, 0.25) is 0 Å². The highest BCUT2D eigenvalue weighted by atomic mass is 32.2. The molecule has 1 aliphatic heterocycles. The van der Waals surface area contributed by atoms with Crippen LogP contribution in [0.5, 0.6) is 0 Å². The Labute approximate surface area is 307 Å². The summed E-state index contributed by atoms with van der Waals surface area (Å²) < 4.78 is 0. The maximum absolute atomic E-state index is 2.43. The SMILES string of the molecule is c1ccc(-c2cccc3c2-c2ccccc2C32c3ccccc3-c3ccc4ccccc4c32)c(-c2ccc3c(c2)-c2cccc4cccc(c24)S3)c1. The molecular formula is C51H30S. The van der Waals surface area contributed by atoms with Gasteiger partial charge in [-0.15, -0.1) is 0 Å². The number of rotatable bonds is 2. The monoisotopic (exact) mass is 674 g/mol. The standard InChI is InChI=1S/C51H30S/c1-2-16-35-31(12-1)26-28-40-37-18-5-7-22-43(37)51(50(35)40)44-23-8-6-19-41(44)49-38(21-11-24-45(49)51)36-17-4-3-15-34(36)33-27-29-46-42(30-33)39-20-9-13-32-14-10-25-47(52-46)48(32)39/h1-30H. The molecule has 0 bridgehead atoms. The summed E-state index contributed by atoms with van der Waals surface area (Å²) in [6.45, 7) is 0. The number of benzene rings is 9. The summed E-state index contributed by atoms with van der Waals surface area (Å²) >= 11 is 1.89. The molecule has 2 aliphatic carbocycles. The minimum Gasteiger partial charge on any atom is -0.0888 e. The van der Waals surface area contributed by atoms with Gasteiger partial charge in [0.05, 0.1) is 5.41 Å². The highest BCUT2D eigenvalue weighted by Gasteiger charge is 2.52. The van der Waals surface area contributed by atoms with Crippen LogP contribution in [0.15, 0.2) is 192 Å². The molecule has 1 unspecified atom stereocenters. The van der Waals surface area contributed by atoms with Crippen LogP contribution in [-0.4, -0.2) is 0 Å². The zero-order valence-corrected chi connectivity index (χ0v) is 29.0. The van der Waals surface area contributed by atoms with Crippen LogP contribution in [0.3, 0.4) is 0 Å². The first-order valence-corrected chi connectivity index (χ1v) is 18.9. The van der Waals surface area contributed by atoms with E-state index in [2.05, 4.69) is 182 Å². The van der Waals surface area contributed by atoms with E-state index in [4.69, 9.17) is 0 Å². The molecule has 0 saturated carbocycles. The Balaban J connectivity index is 1.13. The molecule has 9 aromatic rings. The Morgan fingerprint density at radius 2 is 0.981 bits per heavy atom. The van der Waals surface area contributed by atoms with Gasteiger partial charge in [0.1, 0.15) is 0 Å². The largest absolute Gasteiger partial charge is 0.0888 e. The Morgan fingerprint density at radius 1 is 0.346 bits per heavy atom. The molecule has 0 amide bonds. The summed E-state index contributed by atoms with van der Waals surface area (Å²) in [5, 5.41) is 5.27. The van der Waals surface area contributed by atoms with E-state index < -0.39 is 5.41 Å². The van der Waals surface area contributed by atoms with E-state index in [1.54, 1.807) is 0 Å². The van der Waals surface area contributed by atoms with E-state index in [1.165, 1.54) is 109 Å². The fourth-order valence-corrected chi connectivity index (χ4v) is 11.0. The lowest BCUT2D eigenvalue weighted by molar-refractivity contribution is 0.801. The van der Waals surface area contributed by atoms with Crippen molar-refractivity contribution in [2.45, 2.75) is 15.2 Å². The average Bonchev–Trinajstić information content (AvgIpc) is 3.69. The quantitative estimate of drug-likeness (QED) is 0.176. The van der Waals surface area contributed by atoms with E-state index >= 15 is 0 Å². The first kappa shape index (κ1) is 28.5. The van der Waals surface area contributed by atoms with Crippen molar-refractivity contribution in [2.75, 3.05) is 0 Å². The molecule has 9 aromatic carbocycles. The molecule has 0 fully saturated rings. The minimum absolute atomic E-state index is 0.418. The van der Waals surface area contributed by atoms with Crippen LogP contribution in [0.1, 0.15) is 22.3 Å². The van der Waals surface area contributed by atoms with Gasteiger partial charge in [-0.2, -0.15) is 0 Å². The zero-order chi connectivity index (χ0) is 34.0. The first-order chi connectivity index (χ1) is 25.8. The number of hydrogen-bond donors (Lipinski definition) is 0. The van der Waals surface area contributed by atoms with E-state index in [-0.39, 0.29) is 0 Å². The third kappa shape index (κ3) is 3.59.